The van der Waals surface area contributed by atoms with Gasteiger partial charge in [0.25, 0.3) is 0 Å². The first-order valence-electron chi connectivity index (χ1n) is 10.9. The summed E-state index contributed by atoms with van der Waals surface area (Å²) in [4.78, 5) is 14.0. The van der Waals surface area contributed by atoms with Gasteiger partial charge in [0, 0.05) is 51.2 Å². The number of anilines is 2. The Morgan fingerprint density at radius 1 is 0.939 bits per heavy atom. The predicted octanol–water partition coefficient (Wildman–Crippen LogP) is 2.88. The number of piperazine rings is 1. The van der Waals surface area contributed by atoms with Crippen LogP contribution in [0.2, 0.25) is 0 Å². The molecule has 1 aromatic carbocycles. The second-order valence-corrected chi connectivity index (χ2v) is 8.17. The molecular weight excluding hydrogens is 423 g/mol. The predicted molar refractivity (Wildman–Crippen MR) is 123 cm³/mol. The summed E-state index contributed by atoms with van der Waals surface area (Å²) in [6.45, 7) is 5.43. The molecule has 5 heterocycles. The van der Waals surface area contributed by atoms with Gasteiger partial charge in [-0.15, -0.1) is 5.10 Å². The Hall–Kier alpha value is -3.92. The van der Waals surface area contributed by atoms with E-state index in [1.54, 1.807) is 16.8 Å². The van der Waals surface area contributed by atoms with Gasteiger partial charge >= 0.3 is 0 Å². The van der Waals surface area contributed by atoms with Crippen molar-refractivity contribution in [2.24, 2.45) is 0 Å². The van der Waals surface area contributed by atoms with Gasteiger partial charge in [-0.1, -0.05) is 0 Å². The molecule has 1 aliphatic heterocycles. The van der Waals surface area contributed by atoms with E-state index >= 15 is 0 Å². The number of nitrogens with zero attached hydrogens (tertiary/aromatic N) is 7. The molecule has 1 saturated heterocycles. The minimum absolute atomic E-state index is 0.203. The number of halogens is 1. The van der Waals surface area contributed by atoms with Gasteiger partial charge in [-0.3, -0.25) is 4.90 Å². The van der Waals surface area contributed by atoms with Crippen molar-refractivity contribution in [3.8, 4) is 11.6 Å². The number of fused-ring (bicyclic) bond motifs is 3. The van der Waals surface area contributed by atoms with E-state index in [9.17, 15) is 4.39 Å². The van der Waals surface area contributed by atoms with Gasteiger partial charge < -0.3 is 19.6 Å². The fraction of sp³-hybridized carbons (Fsp3) is 0.261. The molecule has 5 aromatic rings. The minimum Gasteiger partial charge on any atom is -0.461 e. The largest absolute Gasteiger partial charge is 0.461 e. The highest BCUT2D eigenvalue weighted by Gasteiger charge is 2.19. The molecule has 0 radical (unpaired) electrons. The number of nitrogens with two attached hydrogens (primary N) is 1. The minimum atomic E-state index is -0.203. The molecule has 10 heteroatoms. The number of rotatable bonds is 5. The third-order valence-electron chi connectivity index (χ3n) is 6.18. The van der Waals surface area contributed by atoms with Crippen LogP contribution in [0.4, 0.5) is 16.0 Å². The van der Waals surface area contributed by atoms with E-state index in [0.717, 1.165) is 56.0 Å². The zero-order chi connectivity index (χ0) is 22.4. The molecule has 0 atom stereocenters. The monoisotopic (exact) mass is 446 g/mol. The van der Waals surface area contributed by atoms with Crippen molar-refractivity contribution in [3.63, 3.8) is 0 Å². The summed E-state index contributed by atoms with van der Waals surface area (Å²) < 4.78 is 22.3. The number of hydrogen-bond donors (Lipinski definition) is 1. The average molecular weight is 446 g/mol. The summed E-state index contributed by atoms with van der Waals surface area (Å²) in [5.74, 6) is 1.15. The Balaban J connectivity index is 1.17. The quantitative estimate of drug-likeness (QED) is 0.444. The molecule has 0 spiro atoms. The molecule has 1 fully saturated rings. The third-order valence-corrected chi connectivity index (χ3v) is 6.18. The summed E-state index contributed by atoms with van der Waals surface area (Å²) >= 11 is 0. The number of benzene rings is 1. The molecule has 168 valence electrons. The van der Waals surface area contributed by atoms with Crippen molar-refractivity contribution >= 4 is 28.3 Å². The zero-order valence-corrected chi connectivity index (χ0v) is 17.9. The molecule has 0 amide bonds. The first-order valence-corrected chi connectivity index (χ1v) is 10.9. The molecule has 2 N–H and O–H groups in total. The number of hydrogen-bond acceptors (Lipinski definition) is 7. The Bertz CT molecular complexity index is 1400. The summed E-state index contributed by atoms with van der Waals surface area (Å²) in [5, 5.41) is 5.35. The van der Waals surface area contributed by atoms with Crippen molar-refractivity contribution in [1.29, 1.82) is 0 Å². The summed E-state index contributed by atoms with van der Waals surface area (Å²) in [7, 11) is 0. The highest BCUT2D eigenvalue weighted by atomic mass is 19.1. The van der Waals surface area contributed by atoms with Crippen LogP contribution >= 0.6 is 0 Å². The molecule has 0 unspecified atom stereocenters. The summed E-state index contributed by atoms with van der Waals surface area (Å²) in [5.41, 5.74) is 8.73. The van der Waals surface area contributed by atoms with Gasteiger partial charge in [0.1, 0.15) is 11.5 Å². The normalized spacial score (nSPS) is 15.1. The molecule has 0 bridgehead atoms. The Morgan fingerprint density at radius 2 is 1.76 bits per heavy atom. The lowest BCUT2D eigenvalue weighted by Gasteiger charge is -2.36. The van der Waals surface area contributed by atoms with Crippen LogP contribution in [0.3, 0.4) is 0 Å². The van der Waals surface area contributed by atoms with Crippen molar-refractivity contribution in [2.75, 3.05) is 43.4 Å². The lowest BCUT2D eigenvalue weighted by Crippen LogP contribution is -2.47. The number of nitrogen functional groups attached to an aromatic ring is 1. The van der Waals surface area contributed by atoms with Crippen LogP contribution in [0.15, 0.2) is 59.3 Å². The molecule has 0 aliphatic carbocycles. The molecule has 4 aromatic heterocycles. The second kappa shape index (κ2) is 7.89. The highest BCUT2D eigenvalue weighted by molar-refractivity contribution is 5.91. The van der Waals surface area contributed by atoms with Crippen molar-refractivity contribution in [3.05, 3.63) is 60.7 Å². The maximum absolute atomic E-state index is 13.2. The van der Waals surface area contributed by atoms with E-state index in [0.29, 0.717) is 17.2 Å². The maximum Gasteiger partial charge on any atom is 0.225 e. The van der Waals surface area contributed by atoms with E-state index in [4.69, 9.17) is 10.2 Å². The SMILES string of the molecule is Nc1nc2c(ccn2CCN2CCN(c3ccc(F)cc3)CC2)c2nc(-c3ccco3)nn12. The van der Waals surface area contributed by atoms with Crippen molar-refractivity contribution in [1.82, 2.24) is 29.0 Å². The van der Waals surface area contributed by atoms with Crippen LogP contribution in [-0.4, -0.2) is 61.8 Å². The number of aromatic nitrogens is 5. The fourth-order valence-corrected chi connectivity index (χ4v) is 4.39. The van der Waals surface area contributed by atoms with Gasteiger partial charge in [0.15, 0.2) is 11.4 Å². The third kappa shape index (κ3) is 3.58. The van der Waals surface area contributed by atoms with Crippen LogP contribution in [0.1, 0.15) is 0 Å². The van der Waals surface area contributed by atoms with Crippen LogP contribution in [0.5, 0.6) is 0 Å². The van der Waals surface area contributed by atoms with E-state index in [2.05, 4.69) is 29.4 Å². The lowest BCUT2D eigenvalue weighted by atomic mass is 10.2. The van der Waals surface area contributed by atoms with Crippen LogP contribution in [-0.2, 0) is 6.54 Å². The molecule has 0 saturated carbocycles. The second-order valence-electron chi connectivity index (χ2n) is 8.17. The first kappa shape index (κ1) is 19.7. The summed E-state index contributed by atoms with van der Waals surface area (Å²) in [6.07, 6.45) is 3.61. The topological polar surface area (TPSA) is 93.6 Å². The Labute approximate surface area is 188 Å². The maximum atomic E-state index is 13.2. The van der Waals surface area contributed by atoms with Gasteiger partial charge in [0.2, 0.25) is 11.8 Å². The van der Waals surface area contributed by atoms with Crippen LogP contribution < -0.4 is 10.6 Å². The van der Waals surface area contributed by atoms with Gasteiger partial charge in [-0.05, 0) is 42.5 Å². The smallest absolute Gasteiger partial charge is 0.225 e. The molecular formula is C23H23FN8O. The first-order chi connectivity index (χ1) is 16.2. The van der Waals surface area contributed by atoms with Gasteiger partial charge in [0.05, 0.1) is 11.6 Å². The number of furan rings is 1. The average Bonchev–Trinajstić information content (AvgIpc) is 3.58. The van der Waals surface area contributed by atoms with Crippen LogP contribution in [0, 0.1) is 5.82 Å². The molecule has 6 rings (SSSR count). The van der Waals surface area contributed by atoms with Gasteiger partial charge in [-0.25, -0.2) is 9.37 Å². The zero-order valence-electron chi connectivity index (χ0n) is 17.9. The van der Waals surface area contributed by atoms with Gasteiger partial charge in [-0.2, -0.15) is 9.50 Å². The molecule has 33 heavy (non-hydrogen) atoms. The highest BCUT2D eigenvalue weighted by Crippen LogP contribution is 2.24. The van der Waals surface area contributed by atoms with E-state index in [-0.39, 0.29) is 11.8 Å². The van der Waals surface area contributed by atoms with Crippen molar-refractivity contribution < 1.29 is 8.81 Å². The van der Waals surface area contributed by atoms with E-state index in [1.807, 2.05) is 30.5 Å². The van der Waals surface area contributed by atoms with Crippen molar-refractivity contribution in [2.45, 2.75) is 6.54 Å². The lowest BCUT2D eigenvalue weighted by molar-refractivity contribution is 0.249. The summed E-state index contributed by atoms with van der Waals surface area (Å²) in [6, 6.07) is 12.3. The van der Waals surface area contributed by atoms with E-state index in [1.165, 1.54) is 12.1 Å². The standard InChI is InChI=1S/C23H23FN8O/c24-16-3-5-17(6-4-16)30-12-9-29(10-13-30)11-14-31-8-7-18-21(31)27-23(25)32-22(18)26-20(28-32)19-2-1-15-33-19/h1-8,15H,9-14H2,(H2,25,27). The Morgan fingerprint density at radius 3 is 2.52 bits per heavy atom. The molecule has 1 aliphatic rings. The van der Waals surface area contributed by atoms with E-state index < -0.39 is 0 Å². The molecule has 9 nitrogen and oxygen atoms in total. The van der Waals surface area contributed by atoms with Crippen LogP contribution in [0.25, 0.3) is 28.3 Å². The Kier molecular flexibility index (Phi) is 4.72. The fourth-order valence-electron chi connectivity index (χ4n) is 4.39.